The Morgan fingerprint density at radius 2 is 1.96 bits per heavy atom. The molecule has 0 saturated carbocycles. The number of hydrogen-bond donors (Lipinski definition) is 1. The molecule has 0 spiro atoms. The molecule has 3 aromatic rings. The van der Waals surface area contributed by atoms with Crippen LogP contribution in [0, 0.1) is 6.92 Å². The molecule has 0 bridgehead atoms. The first-order valence-electron chi connectivity index (χ1n) is 7.72. The third kappa shape index (κ3) is 3.75. The summed E-state index contributed by atoms with van der Waals surface area (Å²) < 4.78 is 11.0. The standard InChI is InChI=1S/C19H16ClN3O3/c1-11-7-12(3-4-15(11)18(21)24)16-9-14(5-6-22-16)26-17-8-13(20)10-23-19(17)25-2/h3-10H,1-2H3,(H2,21,24). The quantitative estimate of drug-likeness (QED) is 0.734. The third-order valence-electron chi connectivity index (χ3n) is 3.73. The van der Waals surface area contributed by atoms with Crippen LogP contribution < -0.4 is 15.2 Å². The summed E-state index contributed by atoms with van der Waals surface area (Å²) in [6.45, 7) is 1.83. The van der Waals surface area contributed by atoms with Crippen molar-refractivity contribution in [3.8, 4) is 28.6 Å². The summed E-state index contributed by atoms with van der Waals surface area (Å²) in [4.78, 5) is 19.8. The number of ether oxygens (including phenoxy) is 2. The highest BCUT2D eigenvalue weighted by atomic mass is 35.5. The van der Waals surface area contributed by atoms with Crippen LogP contribution in [0.4, 0.5) is 0 Å². The number of halogens is 1. The van der Waals surface area contributed by atoms with Crippen LogP contribution in [0.2, 0.25) is 5.02 Å². The highest BCUT2D eigenvalue weighted by Gasteiger charge is 2.11. The number of carbonyl (C=O) groups is 1. The summed E-state index contributed by atoms with van der Waals surface area (Å²) in [5.74, 6) is 0.820. The van der Waals surface area contributed by atoms with Crippen LogP contribution in [0.5, 0.6) is 17.4 Å². The molecule has 0 aliphatic heterocycles. The molecule has 0 radical (unpaired) electrons. The number of aryl methyl sites for hydroxylation is 1. The molecule has 6 nitrogen and oxygen atoms in total. The largest absolute Gasteiger partial charge is 0.478 e. The van der Waals surface area contributed by atoms with E-state index < -0.39 is 5.91 Å². The predicted octanol–water partition coefficient (Wildman–Crippen LogP) is 4.01. The number of amides is 1. The van der Waals surface area contributed by atoms with Gasteiger partial charge >= 0.3 is 0 Å². The maximum absolute atomic E-state index is 11.4. The zero-order valence-electron chi connectivity index (χ0n) is 14.2. The fourth-order valence-electron chi connectivity index (χ4n) is 2.49. The second-order valence-electron chi connectivity index (χ2n) is 5.53. The van der Waals surface area contributed by atoms with Crippen molar-refractivity contribution in [1.29, 1.82) is 0 Å². The van der Waals surface area contributed by atoms with Gasteiger partial charge < -0.3 is 15.2 Å². The van der Waals surface area contributed by atoms with E-state index in [2.05, 4.69) is 9.97 Å². The lowest BCUT2D eigenvalue weighted by molar-refractivity contribution is 0.0999. The highest BCUT2D eigenvalue weighted by Crippen LogP contribution is 2.33. The lowest BCUT2D eigenvalue weighted by Crippen LogP contribution is -2.12. The molecule has 7 heteroatoms. The van der Waals surface area contributed by atoms with E-state index in [4.69, 9.17) is 26.8 Å². The molecule has 3 rings (SSSR count). The summed E-state index contributed by atoms with van der Waals surface area (Å²) in [6.07, 6.45) is 3.11. The Labute approximate surface area is 155 Å². The first kappa shape index (κ1) is 17.7. The number of nitrogens with zero attached hydrogens (tertiary/aromatic N) is 2. The van der Waals surface area contributed by atoms with E-state index in [0.717, 1.165) is 11.1 Å². The number of rotatable bonds is 5. The lowest BCUT2D eigenvalue weighted by Gasteiger charge is -2.11. The summed E-state index contributed by atoms with van der Waals surface area (Å²) in [6, 6.07) is 10.5. The van der Waals surface area contributed by atoms with Gasteiger partial charge in [-0.25, -0.2) is 4.98 Å². The Kier molecular flexibility index (Phi) is 5.04. The van der Waals surface area contributed by atoms with E-state index in [1.165, 1.54) is 13.3 Å². The number of pyridine rings is 2. The van der Waals surface area contributed by atoms with Crippen molar-refractivity contribution >= 4 is 17.5 Å². The van der Waals surface area contributed by atoms with Crippen molar-refractivity contribution in [2.75, 3.05) is 7.11 Å². The smallest absolute Gasteiger partial charge is 0.257 e. The van der Waals surface area contributed by atoms with E-state index in [-0.39, 0.29) is 0 Å². The molecule has 2 heterocycles. The fraction of sp³-hybridized carbons (Fsp3) is 0.105. The van der Waals surface area contributed by atoms with Crippen molar-refractivity contribution in [2.24, 2.45) is 5.73 Å². The van der Waals surface area contributed by atoms with Gasteiger partial charge in [-0.05, 0) is 30.7 Å². The van der Waals surface area contributed by atoms with Gasteiger partial charge in [-0.2, -0.15) is 0 Å². The Balaban J connectivity index is 1.93. The molecule has 0 aliphatic carbocycles. The second kappa shape index (κ2) is 7.41. The van der Waals surface area contributed by atoms with Crippen molar-refractivity contribution < 1.29 is 14.3 Å². The van der Waals surface area contributed by atoms with Crippen molar-refractivity contribution in [2.45, 2.75) is 6.92 Å². The van der Waals surface area contributed by atoms with Crippen molar-refractivity contribution in [3.63, 3.8) is 0 Å². The summed E-state index contributed by atoms with van der Waals surface area (Å²) >= 11 is 5.98. The van der Waals surface area contributed by atoms with Crippen molar-refractivity contribution in [3.05, 3.63) is 64.9 Å². The zero-order valence-corrected chi connectivity index (χ0v) is 14.9. The third-order valence-corrected chi connectivity index (χ3v) is 3.93. The number of nitrogens with two attached hydrogens (primary N) is 1. The number of aromatic nitrogens is 2. The van der Waals surface area contributed by atoms with Gasteiger partial charge in [-0.1, -0.05) is 17.7 Å². The first-order valence-corrected chi connectivity index (χ1v) is 8.10. The second-order valence-corrected chi connectivity index (χ2v) is 5.97. The molecular formula is C19H16ClN3O3. The number of benzene rings is 1. The predicted molar refractivity (Wildman–Crippen MR) is 98.8 cm³/mol. The Hall–Kier alpha value is -3.12. The van der Waals surface area contributed by atoms with Gasteiger partial charge in [0, 0.05) is 35.7 Å². The molecule has 0 atom stereocenters. The molecule has 2 N–H and O–H groups in total. The van der Waals surface area contributed by atoms with Gasteiger partial charge in [0.1, 0.15) is 5.75 Å². The molecule has 0 saturated heterocycles. The molecule has 2 aromatic heterocycles. The van der Waals surface area contributed by atoms with E-state index in [0.29, 0.717) is 33.7 Å². The van der Waals surface area contributed by atoms with Gasteiger partial charge in [0.2, 0.25) is 5.91 Å². The van der Waals surface area contributed by atoms with Gasteiger partial charge in [0.05, 0.1) is 17.8 Å². The monoisotopic (exact) mass is 369 g/mol. The maximum atomic E-state index is 11.4. The number of methoxy groups -OCH3 is 1. The number of carbonyl (C=O) groups excluding carboxylic acids is 1. The van der Waals surface area contributed by atoms with Crippen LogP contribution in [0.25, 0.3) is 11.3 Å². The summed E-state index contributed by atoms with van der Waals surface area (Å²) in [5.41, 5.74) is 8.15. The minimum absolute atomic E-state index is 0.328. The average Bonchev–Trinajstić information content (AvgIpc) is 2.62. The lowest BCUT2D eigenvalue weighted by atomic mass is 10.0. The van der Waals surface area contributed by atoms with E-state index in [1.807, 2.05) is 13.0 Å². The molecule has 132 valence electrons. The topological polar surface area (TPSA) is 87.3 Å². The minimum Gasteiger partial charge on any atom is -0.478 e. The van der Waals surface area contributed by atoms with Crippen LogP contribution in [-0.2, 0) is 0 Å². The zero-order chi connectivity index (χ0) is 18.7. The van der Waals surface area contributed by atoms with Crippen LogP contribution in [0.15, 0.2) is 48.8 Å². The van der Waals surface area contributed by atoms with Crippen LogP contribution in [0.1, 0.15) is 15.9 Å². The SMILES string of the molecule is COc1ncc(Cl)cc1Oc1ccnc(-c2ccc(C(N)=O)c(C)c2)c1. The van der Waals surface area contributed by atoms with Crippen LogP contribution in [-0.4, -0.2) is 23.0 Å². The average molecular weight is 370 g/mol. The van der Waals surface area contributed by atoms with E-state index >= 15 is 0 Å². The maximum Gasteiger partial charge on any atom is 0.257 e. The van der Waals surface area contributed by atoms with Gasteiger partial charge in [0.15, 0.2) is 5.75 Å². The summed E-state index contributed by atoms with van der Waals surface area (Å²) in [5, 5.41) is 0.438. The molecule has 0 aliphatic rings. The van der Waals surface area contributed by atoms with Crippen LogP contribution in [0.3, 0.4) is 0 Å². The van der Waals surface area contributed by atoms with E-state index in [1.54, 1.807) is 36.5 Å². The number of primary amides is 1. The molecule has 1 aromatic carbocycles. The minimum atomic E-state index is -0.459. The molecule has 0 fully saturated rings. The molecule has 26 heavy (non-hydrogen) atoms. The van der Waals surface area contributed by atoms with E-state index in [9.17, 15) is 4.79 Å². The molecule has 0 unspecified atom stereocenters. The molecule has 1 amide bonds. The number of hydrogen-bond acceptors (Lipinski definition) is 5. The van der Waals surface area contributed by atoms with Crippen molar-refractivity contribution in [1.82, 2.24) is 9.97 Å². The summed E-state index contributed by atoms with van der Waals surface area (Å²) in [7, 11) is 1.50. The van der Waals surface area contributed by atoms with Crippen LogP contribution >= 0.6 is 11.6 Å². The Bertz CT molecular complexity index is 976. The molecular weight excluding hydrogens is 354 g/mol. The van der Waals surface area contributed by atoms with Gasteiger partial charge in [-0.3, -0.25) is 9.78 Å². The Morgan fingerprint density at radius 3 is 2.65 bits per heavy atom. The Morgan fingerprint density at radius 1 is 1.15 bits per heavy atom. The highest BCUT2D eigenvalue weighted by molar-refractivity contribution is 6.30. The fourth-order valence-corrected chi connectivity index (χ4v) is 2.64. The first-order chi connectivity index (χ1) is 12.5. The normalized spacial score (nSPS) is 10.4. The van der Waals surface area contributed by atoms with Gasteiger partial charge in [-0.15, -0.1) is 0 Å². The van der Waals surface area contributed by atoms with Gasteiger partial charge in [0.25, 0.3) is 5.88 Å².